The summed E-state index contributed by atoms with van der Waals surface area (Å²) in [6.07, 6.45) is 3.50. The monoisotopic (exact) mass is 385 g/mol. The summed E-state index contributed by atoms with van der Waals surface area (Å²) in [5.74, 6) is -0.499. The summed E-state index contributed by atoms with van der Waals surface area (Å²) in [5, 5.41) is 3.12. The second-order valence-electron chi connectivity index (χ2n) is 7.05. The predicted molar refractivity (Wildman–Crippen MR) is 102 cm³/mol. The number of hydroxylamine groups is 1. The molecule has 2 heterocycles. The Bertz CT molecular complexity index is 1110. The van der Waals surface area contributed by atoms with E-state index in [1.54, 1.807) is 19.1 Å². The van der Waals surface area contributed by atoms with E-state index >= 15 is 0 Å². The topological polar surface area (TPSA) is 85.5 Å². The van der Waals surface area contributed by atoms with E-state index in [2.05, 4.69) is 10.8 Å². The van der Waals surface area contributed by atoms with E-state index in [0.29, 0.717) is 12.5 Å². The molecule has 0 spiro atoms. The lowest BCUT2D eigenvalue weighted by molar-refractivity contribution is 0.0271. The average Bonchev–Trinajstić information content (AvgIpc) is 3.35. The van der Waals surface area contributed by atoms with Crippen LogP contribution in [0.1, 0.15) is 28.8 Å². The van der Waals surface area contributed by atoms with Crippen molar-refractivity contribution in [2.45, 2.75) is 19.8 Å². The Morgan fingerprint density at radius 2 is 2.14 bits per heavy atom. The van der Waals surface area contributed by atoms with Gasteiger partial charge in [0.15, 0.2) is 5.58 Å². The molecule has 0 saturated heterocycles. The number of hydrogen-bond acceptors (Lipinski definition) is 5. The van der Waals surface area contributed by atoms with E-state index in [9.17, 15) is 14.0 Å². The maximum atomic E-state index is 14.4. The fraction of sp³-hybridized carbons (Fsp3) is 0.300. The first-order valence-electron chi connectivity index (χ1n) is 9.01. The highest BCUT2D eigenvalue weighted by Gasteiger charge is 2.26. The molecule has 0 bridgehead atoms. The van der Waals surface area contributed by atoms with E-state index in [1.807, 2.05) is 0 Å². The van der Waals surface area contributed by atoms with Gasteiger partial charge in [-0.3, -0.25) is 19.0 Å². The lowest BCUT2D eigenvalue weighted by atomic mass is 10.1. The Hall–Kier alpha value is -3.13. The summed E-state index contributed by atoms with van der Waals surface area (Å²) >= 11 is 0. The van der Waals surface area contributed by atoms with Crippen molar-refractivity contribution >= 4 is 28.4 Å². The first-order valence-corrected chi connectivity index (χ1v) is 9.01. The molecule has 7 nitrogen and oxygen atoms in total. The number of carbonyl (C=O) groups is 1. The summed E-state index contributed by atoms with van der Waals surface area (Å²) < 4.78 is 21.0. The Morgan fingerprint density at radius 3 is 2.86 bits per heavy atom. The average molecular weight is 385 g/mol. The van der Waals surface area contributed by atoms with Crippen LogP contribution < -0.4 is 16.4 Å². The van der Waals surface area contributed by atoms with Gasteiger partial charge in [-0.25, -0.2) is 9.87 Å². The molecule has 3 aromatic rings. The van der Waals surface area contributed by atoms with Gasteiger partial charge in [0.05, 0.1) is 23.9 Å². The van der Waals surface area contributed by atoms with E-state index in [-0.39, 0.29) is 33.6 Å². The number of aromatic nitrogens is 1. The van der Waals surface area contributed by atoms with E-state index < -0.39 is 11.7 Å². The normalized spacial score (nSPS) is 13.7. The molecular weight excluding hydrogens is 365 g/mol. The first kappa shape index (κ1) is 18.2. The lowest BCUT2D eigenvalue weighted by Crippen LogP contribution is -2.29. The Morgan fingerprint density at radius 1 is 1.36 bits per heavy atom. The highest BCUT2D eigenvalue weighted by Crippen LogP contribution is 2.30. The van der Waals surface area contributed by atoms with Gasteiger partial charge in [0, 0.05) is 7.05 Å². The van der Waals surface area contributed by atoms with Crippen LogP contribution in [0.5, 0.6) is 0 Å². The van der Waals surface area contributed by atoms with Crippen molar-refractivity contribution in [3.8, 4) is 0 Å². The van der Waals surface area contributed by atoms with Gasteiger partial charge in [0.2, 0.25) is 0 Å². The molecule has 28 heavy (non-hydrogen) atoms. The van der Waals surface area contributed by atoms with Gasteiger partial charge in [-0.05, 0) is 49.4 Å². The largest absolute Gasteiger partial charge is 0.463 e. The van der Waals surface area contributed by atoms with Crippen LogP contribution in [0.2, 0.25) is 0 Å². The van der Waals surface area contributed by atoms with Gasteiger partial charge < -0.3 is 9.73 Å². The zero-order valence-electron chi connectivity index (χ0n) is 15.5. The summed E-state index contributed by atoms with van der Waals surface area (Å²) in [7, 11) is 1.50. The van der Waals surface area contributed by atoms with Crippen LogP contribution in [0.25, 0.3) is 11.0 Å². The molecule has 8 heteroatoms. The molecule has 1 amide bonds. The molecule has 146 valence electrons. The van der Waals surface area contributed by atoms with E-state index in [1.165, 1.54) is 30.0 Å². The number of amides is 1. The van der Waals surface area contributed by atoms with Crippen LogP contribution in [0.15, 0.2) is 39.7 Å². The minimum absolute atomic E-state index is 0.0675. The third-order valence-electron chi connectivity index (χ3n) is 4.79. The lowest BCUT2D eigenvalue weighted by Gasteiger charge is -2.17. The minimum atomic E-state index is -0.578. The summed E-state index contributed by atoms with van der Waals surface area (Å²) in [6.45, 7) is 2.20. The number of halogens is 1. The van der Waals surface area contributed by atoms with Gasteiger partial charge in [-0.2, -0.15) is 0 Å². The molecule has 1 saturated carbocycles. The second kappa shape index (κ2) is 7.12. The first-order chi connectivity index (χ1) is 13.5. The van der Waals surface area contributed by atoms with E-state index in [0.717, 1.165) is 18.4 Å². The molecule has 0 aliphatic heterocycles. The summed E-state index contributed by atoms with van der Waals surface area (Å²) in [4.78, 5) is 30.7. The minimum Gasteiger partial charge on any atom is -0.463 e. The molecule has 1 aliphatic rings. The molecular formula is C20H20FN3O4. The fourth-order valence-corrected chi connectivity index (χ4v) is 3.00. The highest BCUT2D eigenvalue weighted by atomic mass is 19.1. The van der Waals surface area contributed by atoms with Gasteiger partial charge in [0.1, 0.15) is 17.2 Å². The Balaban J connectivity index is 1.77. The number of anilines is 2. The number of aryl methyl sites for hydroxylation is 1. The molecule has 2 aromatic heterocycles. The van der Waals surface area contributed by atoms with Crippen LogP contribution >= 0.6 is 0 Å². The number of furan rings is 1. The van der Waals surface area contributed by atoms with E-state index in [4.69, 9.17) is 9.25 Å². The van der Waals surface area contributed by atoms with Crippen molar-refractivity contribution in [2.75, 3.05) is 11.9 Å². The molecule has 2 N–H and O–H groups in total. The number of nitrogens with one attached hydrogen (secondary N) is 2. The molecule has 0 radical (unpaired) electrons. The van der Waals surface area contributed by atoms with Crippen LogP contribution in [0.3, 0.4) is 0 Å². The number of rotatable bonds is 6. The number of carbonyl (C=O) groups excluding carboxylic acids is 1. The fourth-order valence-electron chi connectivity index (χ4n) is 3.00. The smallest absolute Gasteiger partial charge is 0.282 e. The van der Waals surface area contributed by atoms with Crippen LogP contribution in [0, 0.1) is 18.7 Å². The third-order valence-corrected chi connectivity index (χ3v) is 4.79. The predicted octanol–water partition coefficient (Wildman–Crippen LogP) is 3.39. The zero-order valence-corrected chi connectivity index (χ0v) is 15.5. The Labute approximate surface area is 160 Å². The maximum Gasteiger partial charge on any atom is 0.282 e. The van der Waals surface area contributed by atoms with Crippen molar-refractivity contribution in [3.05, 3.63) is 57.8 Å². The standard InChI is InChI=1S/C20H20FN3O4/c1-11-3-6-15(14(21)9-11)22-18-16(19(25)23-28-10-12-4-5-12)17-13(7-8-27-17)20(26)24(18)2/h3,6-9,12,22H,4-5,10H2,1-2H3,(H,23,25). The molecule has 1 fully saturated rings. The molecule has 0 unspecified atom stereocenters. The van der Waals surface area contributed by atoms with Crippen molar-refractivity contribution in [1.82, 2.24) is 10.0 Å². The quantitative estimate of drug-likeness (QED) is 0.636. The SMILES string of the molecule is Cc1ccc(Nc2c(C(=O)NOCC3CC3)c3occc3c(=O)n2C)c(F)c1. The highest BCUT2D eigenvalue weighted by molar-refractivity contribution is 6.09. The van der Waals surface area contributed by atoms with Crippen molar-refractivity contribution in [3.63, 3.8) is 0 Å². The zero-order chi connectivity index (χ0) is 19.8. The van der Waals surface area contributed by atoms with Crippen LogP contribution in [-0.2, 0) is 11.9 Å². The number of fused-ring (bicyclic) bond motifs is 1. The third kappa shape index (κ3) is 3.38. The van der Waals surface area contributed by atoms with Crippen LogP contribution in [0.4, 0.5) is 15.9 Å². The van der Waals surface area contributed by atoms with Gasteiger partial charge in [-0.15, -0.1) is 0 Å². The van der Waals surface area contributed by atoms with Gasteiger partial charge in [0.25, 0.3) is 11.5 Å². The number of benzene rings is 1. The molecule has 1 aromatic carbocycles. The number of pyridine rings is 1. The van der Waals surface area contributed by atoms with Gasteiger partial charge in [-0.1, -0.05) is 6.07 Å². The number of hydrogen-bond donors (Lipinski definition) is 2. The van der Waals surface area contributed by atoms with Crippen molar-refractivity contribution in [1.29, 1.82) is 0 Å². The van der Waals surface area contributed by atoms with Crippen molar-refractivity contribution < 1.29 is 18.4 Å². The maximum absolute atomic E-state index is 14.4. The van der Waals surface area contributed by atoms with Crippen molar-refractivity contribution in [2.24, 2.45) is 13.0 Å². The van der Waals surface area contributed by atoms with Gasteiger partial charge >= 0.3 is 0 Å². The molecule has 1 aliphatic carbocycles. The molecule has 4 rings (SSSR count). The Kier molecular flexibility index (Phi) is 4.64. The number of nitrogens with zero attached hydrogens (tertiary/aromatic N) is 1. The second-order valence-corrected chi connectivity index (χ2v) is 7.05. The summed E-state index contributed by atoms with van der Waals surface area (Å²) in [6, 6.07) is 6.14. The molecule has 0 atom stereocenters. The van der Waals surface area contributed by atoms with Crippen LogP contribution in [-0.4, -0.2) is 17.1 Å². The summed E-state index contributed by atoms with van der Waals surface area (Å²) in [5.41, 5.74) is 3.11.